The molecule has 0 bridgehead atoms. The Labute approximate surface area is 110 Å². The average molecular weight is 257 g/mol. The van der Waals surface area contributed by atoms with E-state index in [0.717, 1.165) is 30.6 Å². The molecule has 1 amide bonds. The van der Waals surface area contributed by atoms with Crippen molar-refractivity contribution in [2.24, 2.45) is 0 Å². The smallest absolute Gasteiger partial charge is 0.242 e. The molecule has 3 N–H and O–H groups in total. The van der Waals surface area contributed by atoms with Crippen molar-refractivity contribution in [3.05, 3.63) is 30.6 Å². The highest BCUT2D eigenvalue weighted by Crippen LogP contribution is 2.19. The molecule has 0 saturated carbocycles. The van der Waals surface area contributed by atoms with Crippen LogP contribution in [-0.4, -0.2) is 33.7 Å². The molecule has 3 heterocycles. The molecular formula is C13H15N5O. The largest absolute Gasteiger partial charge is 0.308 e. The van der Waals surface area contributed by atoms with Gasteiger partial charge in [0.15, 0.2) is 5.82 Å². The fourth-order valence-electron chi connectivity index (χ4n) is 2.19. The van der Waals surface area contributed by atoms with Crippen LogP contribution in [-0.2, 0) is 4.79 Å². The number of nitrogens with zero attached hydrogens (tertiary/aromatic N) is 2. The van der Waals surface area contributed by atoms with Gasteiger partial charge in [-0.25, -0.2) is 0 Å². The number of anilines is 1. The lowest BCUT2D eigenvalue weighted by atomic mass is 10.2. The van der Waals surface area contributed by atoms with E-state index in [4.69, 9.17) is 0 Å². The zero-order valence-corrected chi connectivity index (χ0v) is 10.4. The quantitative estimate of drug-likeness (QED) is 0.770. The molecule has 2 aromatic heterocycles. The molecule has 2 aromatic rings. The molecule has 1 atom stereocenters. The van der Waals surface area contributed by atoms with Gasteiger partial charge in [0.25, 0.3) is 0 Å². The van der Waals surface area contributed by atoms with Crippen LogP contribution < -0.4 is 10.6 Å². The molecule has 0 radical (unpaired) electrons. The molecule has 0 aromatic carbocycles. The molecule has 3 rings (SSSR count). The third-order valence-electron chi connectivity index (χ3n) is 3.20. The van der Waals surface area contributed by atoms with Gasteiger partial charge in [0.1, 0.15) is 0 Å². The van der Waals surface area contributed by atoms with E-state index in [1.807, 2.05) is 18.2 Å². The van der Waals surface area contributed by atoms with Crippen LogP contribution in [0.4, 0.5) is 5.82 Å². The lowest BCUT2D eigenvalue weighted by Gasteiger charge is -2.08. The topological polar surface area (TPSA) is 82.7 Å². The number of aromatic amines is 1. The van der Waals surface area contributed by atoms with E-state index < -0.39 is 0 Å². The maximum atomic E-state index is 11.9. The number of pyridine rings is 1. The van der Waals surface area contributed by atoms with E-state index in [1.165, 1.54) is 0 Å². The maximum absolute atomic E-state index is 11.9. The highest BCUT2D eigenvalue weighted by atomic mass is 16.2. The Bertz CT molecular complexity index is 559. The summed E-state index contributed by atoms with van der Waals surface area (Å²) in [4.78, 5) is 15.9. The summed E-state index contributed by atoms with van der Waals surface area (Å²) < 4.78 is 0. The van der Waals surface area contributed by atoms with Gasteiger partial charge in [-0.05, 0) is 31.5 Å². The third kappa shape index (κ3) is 2.63. The minimum Gasteiger partial charge on any atom is -0.308 e. The van der Waals surface area contributed by atoms with Crippen molar-refractivity contribution in [2.45, 2.75) is 18.9 Å². The number of carbonyl (C=O) groups excluding carboxylic acids is 1. The molecule has 1 saturated heterocycles. The molecule has 98 valence electrons. The second-order valence-electron chi connectivity index (χ2n) is 4.54. The Kier molecular flexibility index (Phi) is 3.24. The SMILES string of the molecule is O=C(Nc1cc(-c2ccncc2)[nH]n1)C1CCCN1. The van der Waals surface area contributed by atoms with E-state index in [9.17, 15) is 4.79 Å². The molecule has 6 nitrogen and oxygen atoms in total. The lowest BCUT2D eigenvalue weighted by Crippen LogP contribution is -2.35. The van der Waals surface area contributed by atoms with Crippen LogP contribution in [0.5, 0.6) is 0 Å². The maximum Gasteiger partial charge on any atom is 0.242 e. The van der Waals surface area contributed by atoms with E-state index >= 15 is 0 Å². The van der Waals surface area contributed by atoms with Crippen LogP contribution in [0.2, 0.25) is 0 Å². The summed E-state index contributed by atoms with van der Waals surface area (Å²) in [5.74, 6) is 0.524. The van der Waals surface area contributed by atoms with Crippen molar-refractivity contribution >= 4 is 11.7 Å². The molecule has 1 aliphatic rings. The number of H-pyrrole nitrogens is 1. The first-order chi connectivity index (χ1) is 9.33. The Morgan fingerprint density at radius 1 is 1.37 bits per heavy atom. The normalized spacial score (nSPS) is 18.4. The Morgan fingerprint density at radius 3 is 2.95 bits per heavy atom. The van der Waals surface area contributed by atoms with Gasteiger partial charge in [-0.1, -0.05) is 0 Å². The number of nitrogens with one attached hydrogen (secondary N) is 3. The highest BCUT2D eigenvalue weighted by molar-refractivity contribution is 5.94. The highest BCUT2D eigenvalue weighted by Gasteiger charge is 2.22. The summed E-state index contributed by atoms with van der Waals surface area (Å²) in [6, 6.07) is 5.50. The van der Waals surface area contributed by atoms with Gasteiger partial charge in [-0.3, -0.25) is 14.9 Å². The van der Waals surface area contributed by atoms with Crippen molar-refractivity contribution in [1.82, 2.24) is 20.5 Å². The number of hydrogen-bond donors (Lipinski definition) is 3. The molecule has 1 aliphatic heterocycles. The van der Waals surface area contributed by atoms with E-state index in [-0.39, 0.29) is 11.9 Å². The van der Waals surface area contributed by atoms with E-state index in [2.05, 4.69) is 25.8 Å². The number of carbonyl (C=O) groups is 1. The van der Waals surface area contributed by atoms with Gasteiger partial charge in [-0.15, -0.1) is 0 Å². The first-order valence-corrected chi connectivity index (χ1v) is 6.33. The third-order valence-corrected chi connectivity index (χ3v) is 3.20. The van der Waals surface area contributed by atoms with Crippen LogP contribution in [0, 0.1) is 0 Å². The zero-order valence-electron chi connectivity index (χ0n) is 10.4. The molecule has 19 heavy (non-hydrogen) atoms. The van der Waals surface area contributed by atoms with Crippen LogP contribution in [0.3, 0.4) is 0 Å². The number of amides is 1. The summed E-state index contributed by atoms with van der Waals surface area (Å²) in [5, 5.41) is 13.0. The van der Waals surface area contributed by atoms with Gasteiger partial charge in [0.05, 0.1) is 11.7 Å². The molecule has 1 fully saturated rings. The first kappa shape index (κ1) is 11.9. The molecule has 1 unspecified atom stereocenters. The van der Waals surface area contributed by atoms with Crippen LogP contribution >= 0.6 is 0 Å². The second-order valence-corrected chi connectivity index (χ2v) is 4.54. The van der Waals surface area contributed by atoms with E-state index in [0.29, 0.717) is 5.82 Å². The fraction of sp³-hybridized carbons (Fsp3) is 0.308. The minimum atomic E-state index is -0.0962. The van der Waals surface area contributed by atoms with Gasteiger partial charge < -0.3 is 10.6 Å². The Hall–Kier alpha value is -2.21. The van der Waals surface area contributed by atoms with Gasteiger partial charge >= 0.3 is 0 Å². The zero-order chi connectivity index (χ0) is 13.1. The van der Waals surface area contributed by atoms with Crippen molar-refractivity contribution < 1.29 is 4.79 Å². The van der Waals surface area contributed by atoms with Crippen molar-refractivity contribution in [3.8, 4) is 11.3 Å². The summed E-state index contributed by atoms with van der Waals surface area (Å²) >= 11 is 0. The van der Waals surface area contributed by atoms with E-state index in [1.54, 1.807) is 12.4 Å². The molecule has 0 spiro atoms. The molecule has 6 heteroatoms. The van der Waals surface area contributed by atoms with Crippen LogP contribution in [0.25, 0.3) is 11.3 Å². The second kappa shape index (κ2) is 5.19. The van der Waals surface area contributed by atoms with Crippen LogP contribution in [0.15, 0.2) is 30.6 Å². The molecular weight excluding hydrogens is 242 g/mol. The predicted molar refractivity (Wildman–Crippen MR) is 71.5 cm³/mol. The number of aromatic nitrogens is 3. The summed E-state index contributed by atoms with van der Waals surface area (Å²) in [7, 11) is 0. The fourth-order valence-corrected chi connectivity index (χ4v) is 2.19. The lowest BCUT2D eigenvalue weighted by molar-refractivity contribution is -0.117. The van der Waals surface area contributed by atoms with Crippen molar-refractivity contribution in [2.75, 3.05) is 11.9 Å². The monoisotopic (exact) mass is 257 g/mol. The summed E-state index contributed by atoms with van der Waals surface area (Å²) in [6.07, 6.45) is 5.36. The predicted octanol–water partition coefficient (Wildman–Crippen LogP) is 1.16. The molecule has 0 aliphatic carbocycles. The average Bonchev–Trinajstić information content (AvgIpc) is 3.11. The summed E-state index contributed by atoms with van der Waals surface area (Å²) in [6.45, 7) is 0.904. The number of rotatable bonds is 3. The van der Waals surface area contributed by atoms with Gasteiger partial charge in [0.2, 0.25) is 5.91 Å². The van der Waals surface area contributed by atoms with Crippen molar-refractivity contribution in [3.63, 3.8) is 0 Å². The minimum absolute atomic E-state index is 0.0229. The Balaban J connectivity index is 1.70. The standard InChI is InChI=1S/C13H15N5O/c19-13(10-2-1-5-15-10)16-12-8-11(17-18-12)9-3-6-14-7-4-9/h3-4,6-8,10,15H,1-2,5H2,(H2,16,17,18,19). The Morgan fingerprint density at radius 2 is 2.21 bits per heavy atom. The van der Waals surface area contributed by atoms with Crippen LogP contribution in [0.1, 0.15) is 12.8 Å². The van der Waals surface area contributed by atoms with Gasteiger partial charge in [-0.2, -0.15) is 5.10 Å². The van der Waals surface area contributed by atoms with Gasteiger partial charge in [0, 0.05) is 24.0 Å². The number of hydrogen-bond acceptors (Lipinski definition) is 4. The first-order valence-electron chi connectivity index (χ1n) is 6.33. The summed E-state index contributed by atoms with van der Waals surface area (Å²) in [5.41, 5.74) is 1.85. The van der Waals surface area contributed by atoms with Crippen molar-refractivity contribution in [1.29, 1.82) is 0 Å².